The zero-order chi connectivity index (χ0) is 18.1. The van der Waals surface area contributed by atoms with Gasteiger partial charge >= 0.3 is 0 Å². The van der Waals surface area contributed by atoms with E-state index >= 15 is 0 Å². The van der Waals surface area contributed by atoms with E-state index in [9.17, 15) is 9.18 Å². The largest absolute Gasteiger partial charge is 0.332 e. The molecule has 5 nitrogen and oxygen atoms in total. The molecule has 1 aromatic heterocycles. The molecule has 1 atom stereocenters. The molecule has 0 saturated carbocycles. The first-order valence-corrected chi connectivity index (χ1v) is 8.53. The molecule has 1 unspecified atom stereocenters. The number of carbonyl (C=O) groups excluding carboxylic acids is 1. The number of amides is 1. The lowest BCUT2D eigenvalue weighted by Gasteiger charge is -2.22. The van der Waals surface area contributed by atoms with Crippen molar-refractivity contribution in [2.45, 2.75) is 19.0 Å². The number of rotatable bonds is 4. The van der Waals surface area contributed by atoms with Crippen LogP contribution < -0.4 is 5.73 Å². The van der Waals surface area contributed by atoms with Gasteiger partial charge in [0.2, 0.25) is 5.91 Å². The van der Waals surface area contributed by atoms with Crippen molar-refractivity contribution in [2.75, 3.05) is 6.54 Å². The first-order chi connectivity index (χ1) is 12.7. The predicted octanol–water partition coefficient (Wildman–Crippen LogP) is 2.80. The van der Waals surface area contributed by atoms with Crippen molar-refractivity contribution in [1.29, 1.82) is 0 Å². The number of nitrogens with one attached hydrogen (secondary N) is 1. The minimum atomic E-state index is -0.359. The Bertz CT molecular complexity index is 921. The second-order valence-electron chi connectivity index (χ2n) is 6.43. The Balaban J connectivity index is 1.57. The van der Waals surface area contributed by atoms with E-state index in [1.54, 1.807) is 17.0 Å². The molecule has 26 heavy (non-hydrogen) atoms. The molecule has 2 aromatic carbocycles. The van der Waals surface area contributed by atoms with Crippen molar-refractivity contribution in [1.82, 2.24) is 15.1 Å². The maximum atomic E-state index is 13.2. The SMILES string of the molecule is NCC(C(=O)N1Cc2[nH]nc(-c3ccc(F)cc3)c2C1)c1ccccc1. The second-order valence-corrected chi connectivity index (χ2v) is 6.43. The lowest BCUT2D eigenvalue weighted by atomic mass is 9.98. The fraction of sp³-hybridized carbons (Fsp3) is 0.200. The Morgan fingerprint density at radius 1 is 1.15 bits per heavy atom. The number of H-pyrrole nitrogens is 1. The van der Waals surface area contributed by atoms with Gasteiger partial charge in [-0.1, -0.05) is 30.3 Å². The maximum absolute atomic E-state index is 13.2. The van der Waals surface area contributed by atoms with E-state index < -0.39 is 0 Å². The molecule has 0 aliphatic carbocycles. The average molecular weight is 350 g/mol. The maximum Gasteiger partial charge on any atom is 0.232 e. The number of hydrogen-bond acceptors (Lipinski definition) is 3. The van der Waals surface area contributed by atoms with Crippen LogP contribution in [-0.4, -0.2) is 27.5 Å². The molecule has 1 aliphatic rings. The summed E-state index contributed by atoms with van der Waals surface area (Å²) in [5, 5.41) is 7.36. The molecule has 4 rings (SSSR count). The number of nitrogens with zero attached hydrogens (tertiary/aromatic N) is 2. The molecule has 0 radical (unpaired) electrons. The van der Waals surface area contributed by atoms with Crippen molar-refractivity contribution in [3.05, 3.63) is 77.2 Å². The third-order valence-electron chi connectivity index (χ3n) is 4.82. The van der Waals surface area contributed by atoms with Gasteiger partial charge < -0.3 is 10.6 Å². The van der Waals surface area contributed by atoms with Gasteiger partial charge in [-0.05, 0) is 29.8 Å². The Labute approximate surface area is 150 Å². The minimum Gasteiger partial charge on any atom is -0.332 e. The standard InChI is InChI=1S/C20H19FN4O/c21-15-8-6-14(7-9-15)19-17-11-25(12-18(17)23-24-19)20(26)16(10-22)13-4-2-1-3-5-13/h1-9,16H,10-12,22H2,(H,23,24). The monoisotopic (exact) mass is 350 g/mol. The van der Waals surface area contributed by atoms with Crippen molar-refractivity contribution >= 4 is 5.91 Å². The van der Waals surface area contributed by atoms with Crippen LogP contribution in [0.1, 0.15) is 22.7 Å². The number of halogens is 1. The fourth-order valence-corrected chi connectivity index (χ4v) is 3.43. The number of carbonyl (C=O) groups is 1. The van der Waals surface area contributed by atoms with Crippen LogP contribution in [0.25, 0.3) is 11.3 Å². The summed E-state index contributed by atoms with van der Waals surface area (Å²) < 4.78 is 13.2. The van der Waals surface area contributed by atoms with Crippen LogP contribution in [-0.2, 0) is 17.9 Å². The van der Waals surface area contributed by atoms with Crippen molar-refractivity contribution in [3.8, 4) is 11.3 Å². The normalized spacial score (nSPS) is 14.3. The molecule has 132 valence electrons. The van der Waals surface area contributed by atoms with Gasteiger partial charge in [0.25, 0.3) is 0 Å². The van der Waals surface area contributed by atoms with E-state index in [2.05, 4.69) is 10.2 Å². The number of benzene rings is 2. The van der Waals surface area contributed by atoms with E-state index in [0.29, 0.717) is 13.1 Å². The topological polar surface area (TPSA) is 75.0 Å². The van der Waals surface area contributed by atoms with E-state index in [-0.39, 0.29) is 24.2 Å². The van der Waals surface area contributed by atoms with Gasteiger partial charge in [0.15, 0.2) is 0 Å². The van der Waals surface area contributed by atoms with Gasteiger partial charge in [-0.3, -0.25) is 9.89 Å². The molecule has 0 bridgehead atoms. The molecule has 0 saturated heterocycles. The van der Waals surface area contributed by atoms with Crippen molar-refractivity contribution < 1.29 is 9.18 Å². The molecule has 0 spiro atoms. The fourth-order valence-electron chi connectivity index (χ4n) is 3.43. The lowest BCUT2D eigenvalue weighted by molar-refractivity contribution is -0.133. The van der Waals surface area contributed by atoms with Crippen LogP contribution in [0.15, 0.2) is 54.6 Å². The molecular weight excluding hydrogens is 331 g/mol. The summed E-state index contributed by atoms with van der Waals surface area (Å²) >= 11 is 0. The van der Waals surface area contributed by atoms with Crippen LogP contribution in [0.3, 0.4) is 0 Å². The molecule has 1 aliphatic heterocycles. The summed E-state index contributed by atoms with van der Waals surface area (Å²) in [4.78, 5) is 14.8. The summed E-state index contributed by atoms with van der Waals surface area (Å²) in [6, 6.07) is 15.8. The van der Waals surface area contributed by atoms with Gasteiger partial charge in [-0.25, -0.2) is 4.39 Å². The molecule has 0 fully saturated rings. The van der Waals surface area contributed by atoms with E-state index in [1.807, 2.05) is 30.3 Å². The lowest BCUT2D eigenvalue weighted by Crippen LogP contribution is -2.34. The quantitative estimate of drug-likeness (QED) is 0.760. The zero-order valence-corrected chi connectivity index (χ0v) is 14.2. The van der Waals surface area contributed by atoms with Gasteiger partial charge in [-0.2, -0.15) is 5.10 Å². The first kappa shape index (κ1) is 16.5. The average Bonchev–Trinajstić information content (AvgIpc) is 3.25. The van der Waals surface area contributed by atoms with Crippen LogP contribution >= 0.6 is 0 Å². The highest BCUT2D eigenvalue weighted by atomic mass is 19.1. The smallest absolute Gasteiger partial charge is 0.232 e. The third-order valence-corrected chi connectivity index (χ3v) is 4.82. The highest BCUT2D eigenvalue weighted by Crippen LogP contribution is 2.32. The molecule has 3 aromatic rings. The molecule has 2 heterocycles. The van der Waals surface area contributed by atoms with Crippen LogP contribution in [0.5, 0.6) is 0 Å². The number of aromatic nitrogens is 2. The Morgan fingerprint density at radius 2 is 1.88 bits per heavy atom. The van der Waals surface area contributed by atoms with E-state index in [1.165, 1.54) is 12.1 Å². The van der Waals surface area contributed by atoms with Gasteiger partial charge in [0.05, 0.1) is 30.4 Å². The van der Waals surface area contributed by atoms with Gasteiger partial charge in [0, 0.05) is 17.7 Å². The Morgan fingerprint density at radius 3 is 2.58 bits per heavy atom. The zero-order valence-electron chi connectivity index (χ0n) is 14.2. The second kappa shape index (κ2) is 6.72. The molecule has 1 amide bonds. The summed E-state index contributed by atoms with van der Waals surface area (Å²) in [7, 11) is 0. The van der Waals surface area contributed by atoms with E-state index in [0.717, 1.165) is 28.1 Å². The van der Waals surface area contributed by atoms with E-state index in [4.69, 9.17) is 5.73 Å². The summed E-state index contributed by atoms with van der Waals surface area (Å²) in [6.45, 7) is 1.21. The highest BCUT2D eigenvalue weighted by Gasteiger charge is 2.32. The van der Waals surface area contributed by atoms with Crippen molar-refractivity contribution in [2.24, 2.45) is 5.73 Å². The molecule has 3 N–H and O–H groups in total. The minimum absolute atomic E-state index is 0.00774. The Hall–Kier alpha value is -2.99. The Kier molecular flexibility index (Phi) is 4.26. The van der Waals surface area contributed by atoms with Crippen LogP contribution in [0.2, 0.25) is 0 Å². The number of hydrogen-bond donors (Lipinski definition) is 2. The predicted molar refractivity (Wildman–Crippen MR) is 96.5 cm³/mol. The molecular formula is C20H19FN4O. The van der Waals surface area contributed by atoms with Gasteiger partial charge in [0.1, 0.15) is 5.82 Å². The van der Waals surface area contributed by atoms with Crippen LogP contribution in [0, 0.1) is 5.82 Å². The summed E-state index contributed by atoms with van der Waals surface area (Å²) in [5.41, 5.74) is 10.3. The third kappa shape index (κ3) is 2.88. The summed E-state index contributed by atoms with van der Waals surface area (Å²) in [5.74, 6) is -0.637. The number of aromatic amines is 1. The molecule has 6 heteroatoms. The summed E-state index contributed by atoms with van der Waals surface area (Å²) in [6.07, 6.45) is 0. The number of nitrogens with two attached hydrogens (primary N) is 1. The number of fused-ring (bicyclic) bond motifs is 1. The van der Waals surface area contributed by atoms with Crippen LogP contribution in [0.4, 0.5) is 4.39 Å². The highest BCUT2D eigenvalue weighted by molar-refractivity contribution is 5.85. The van der Waals surface area contributed by atoms with Crippen molar-refractivity contribution in [3.63, 3.8) is 0 Å². The first-order valence-electron chi connectivity index (χ1n) is 8.53. The van der Waals surface area contributed by atoms with Gasteiger partial charge in [-0.15, -0.1) is 0 Å².